The van der Waals surface area contributed by atoms with E-state index >= 15 is 0 Å². The maximum Gasteiger partial charge on any atom is 0.338 e. The van der Waals surface area contributed by atoms with Crippen molar-refractivity contribution in [2.45, 2.75) is 53.5 Å². The largest absolute Gasteiger partial charge is 0.494 e. The first-order valence-electron chi connectivity index (χ1n) is 13.9. The molecule has 0 saturated heterocycles. The highest BCUT2D eigenvalue weighted by atomic mass is 32.1. The number of esters is 2. The number of hydrogen-bond acceptors (Lipinski definition) is 9. The van der Waals surface area contributed by atoms with Gasteiger partial charge in [0.05, 0.1) is 42.2 Å². The summed E-state index contributed by atoms with van der Waals surface area (Å²) in [5, 5.41) is 0. The van der Waals surface area contributed by atoms with Gasteiger partial charge in [-0.25, -0.2) is 9.79 Å². The van der Waals surface area contributed by atoms with Crippen molar-refractivity contribution in [3.63, 3.8) is 0 Å². The number of carbonyl (C=O) groups excluding carboxylic acids is 2. The molecule has 2 aromatic carbocycles. The van der Waals surface area contributed by atoms with Crippen LogP contribution in [0.4, 0.5) is 0 Å². The number of aromatic nitrogens is 1. The molecule has 4 rings (SSSR count). The van der Waals surface area contributed by atoms with Crippen molar-refractivity contribution >= 4 is 29.4 Å². The van der Waals surface area contributed by atoms with E-state index in [0.717, 1.165) is 24.2 Å². The number of nitrogens with zero attached hydrogens (tertiary/aromatic N) is 2. The molecule has 0 amide bonds. The molecular weight excluding hydrogens is 556 g/mol. The van der Waals surface area contributed by atoms with E-state index in [4.69, 9.17) is 18.9 Å². The molecule has 0 bridgehead atoms. The van der Waals surface area contributed by atoms with Crippen LogP contribution in [0.1, 0.15) is 64.6 Å². The number of thiazole rings is 1. The van der Waals surface area contributed by atoms with Gasteiger partial charge in [0, 0.05) is 6.92 Å². The van der Waals surface area contributed by atoms with Crippen molar-refractivity contribution in [2.75, 3.05) is 20.3 Å². The third-order valence-corrected chi connectivity index (χ3v) is 7.47. The molecule has 1 aliphatic heterocycles. The van der Waals surface area contributed by atoms with Crippen molar-refractivity contribution < 1.29 is 28.5 Å². The second-order valence-electron chi connectivity index (χ2n) is 10.3. The predicted octanol–water partition coefficient (Wildman–Crippen LogP) is 4.55. The lowest BCUT2D eigenvalue weighted by Crippen LogP contribution is -2.40. The van der Waals surface area contributed by atoms with Crippen LogP contribution >= 0.6 is 11.3 Å². The van der Waals surface area contributed by atoms with Crippen molar-refractivity contribution in [2.24, 2.45) is 10.9 Å². The SMILES string of the molecule is CCCCOc1ccc(C=c2sc3n(c2=O)C(c2ccc(OC(C)=O)c(OC)c2)C(C(=O)OCC(C)C)=C(C)N=3)cc1. The van der Waals surface area contributed by atoms with E-state index in [0.29, 0.717) is 27.2 Å². The Balaban J connectivity index is 1.82. The van der Waals surface area contributed by atoms with Crippen molar-refractivity contribution in [3.05, 3.63) is 84.5 Å². The highest BCUT2D eigenvalue weighted by Gasteiger charge is 2.34. The number of unbranched alkanes of at least 4 members (excludes halogenated alkanes) is 1. The zero-order valence-corrected chi connectivity index (χ0v) is 25.6. The first-order valence-corrected chi connectivity index (χ1v) is 14.7. The average molecular weight is 593 g/mol. The Labute approximate surface area is 248 Å². The highest BCUT2D eigenvalue weighted by molar-refractivity contribution is 7.07. The molecule has 222 valence electrons. The van der Waals surface area contributed by atoms with Crippen LogP contribution in [0.5, 0.6) is 17.2 Å². The monoisotopic (exact) mass is 592 g/mol. The molecular formula is C32H36N2O7S. The van der Waals surface area contributed by atoms with Gasteiger partial charge < -0.3 is 18.9 Å². The van der Waals surface area contributed by atoms with Gasteiger partial charge in [0.1, 0.15) is 5.75 Å². The molecule has 0 spiro atoms. The molecule has 42 heavy (non-hydrogen) atoms. The Kier molecular flexibility index (Phi) is 10.0. The van der Waals surface area contributed by atoms with E-state index in [1.54, 1.807) is 31.2 Å². The number of methoxy groups -OCH3 is 1. The van der Waals surface area contributed by atoms with E-state index in [2.05, 4.69) is 11.9 Å². The number of carbonyl (C=O) groups is 2. The van der Waals surface area contributed by atoms with Gasteiger partial charge in [0.15, 0.2) is 16.3 Å². The van der Waals surface area contributed by atoms with E-state index in [9.17, 15) is 14.4 Å². The molecule has 1 aliphatic rings. The molecule has 0 saturated carbocycles. The summed E-state index contributed by atoms with van der Waals surface area (Å²) in [5.74, 6) is 0.368. The Morgan fingerprint density at radius 1 is 1.12 bits per heavy atom. The summed E-state index contributed by atoms with van der Waals surface area (Å²) < 4.78 is 24.1. The zero-order chi connectivity index (χ0) is 30.4. The number of ether oxygens (including phenoxy) is 4. The molecule has 0 aliphatic carbocycles. The van der Waals surface area contributed by atoms with Crippen molar-refractivity contribution in [1.29, 1.82) is 0 Å². The lowest BCUT2D eigenvalue weighted by molar-refractivity contribution is -0.140. The van der Waals surface area contributed by atoms with Crippen molar-refractivity contribution in [1.82, 2.24) is 4.57 Å². The number of hydrogen-bond donors (Lipinski definition) is 0. The predicted molar refractivity (Wildman–Crippen MR) is 161 cm³/mol. The van der Waals surface area contributed by atoms with Crippen LogP contribution in [0.25, 0.3) is 6.08 Å². The summed E-state index contributed by atoms with van der Waals surface area (Å²) in [6, 6.07) is 11.7. The Morgan fingerprint density at radius 3 is 2.50 bits per heavy atom. The summed E-state index contributed by atoms with van der Waals surface area (Å²) >= 11 is 1.24. The minimum absolute atomic E-state index is 0.126. The third kappa shape index (κ3) is 6.99. The van der Waals surface area contributed by atoms with Crippen LogP contribution in [0.3, 0.4) is 0 Å². The average Bonchev–Trinajstić information content (AvgIpc) is 3.25. The maximum absolute atomic E-state index is 13.9. The Morgan fingerprint density at radius 2 is 1.86 bits per heavy atom. The van der Waals surface area contributed by atoms with Crippen LogP contribution < -0.4 is 29.1 Å². The molecule has 0 N–H and O–H groups in total. The second-order valence-corrected chi connectivity index (χ2v) is 11.4. The number of allylic oxidation sites excluding steroid dienone is 1. The van der Waals surface area contributed by atoms with Gasteiger partial charge >= 0.3 is 11.9 Å². The van der Waals surface area contributed by atoms with Gasteiger partial charge in [-0.05, 0) is 60.7 Å². The smallest absolute Gasteiger partial charge is 0.338 e. The number of rotatable bonds is 11. The summed E-state index contributed by atoms with van der Waals surface area (Å²) in [5.41, 5.74) is 1.83. The fourth-order valence-electron chi connectivity index (χ4n) is 4.46. The standard InChI is InChI=1S/C32H36N2O7S/c1-7-8-15-39-24-12-9-22(10-13-24)16-27-30(36)34-29(23-11-14-25(41-21(5)35)26(17-23)38-6)28(20(4)33-32(34)42-27)31(37)40-18-19(2)3/h9-14,16-17,19,29H,7-8,15,18H2,1-6H3. The minimum atomic E-state index is -0.835. The van der Waals surface area contributed by atoms with E-state index in [1.165, 1.54) is 29.9 Å². The van der Waals surface area contributed by atoms with E-state index in [-0.39, 0.29) is 35.2 Å². The molecule has 1 unspecified atom stereocenters. The van der Waals surface area contributed by atoms with Gasteiger partial charge in [0.2, 0.25) is 0 Å². The molecule has 1 aromatic heterocycles. The van der Waals surface area contributed by atoms with Gasteiger partial charge in [-0.1, -0.05) is 56.7 Å². The van der Waals surface area contributed by atoms with Gasteiger partial charge in [-0.3, -0.25) is 14.2 Å². The fourth-order valence-corrected chi connectivity index (χ4v) is 5.50. The normalized spacial score (nSPS) is 14.8. The molecule has 1 atom stereocenters. The van der Waals surface area contributed by atoms with Crippen molar-refractivity contribution in [3.8, 4) is 17.2 Å². The summed E-state index contributed by atoms with van der Waals surface area (Å²) in [4.78, 5) is 44.1. The van der Waals surface area contributed by atoms with Crippen LogP contribution in [0.15, 0.2) is 63.5 Å². The van der Waals surface area contributed by atoms with E-state index < -0.39 is 18.0 Å². The molecule has 2 heterocycles. The van der Waals surface area contributed by atoms with Crippen LogP contribution in [-0.4, -0.2) is 36.8 Å². The summed E-state index contributed by atoms with van der Waals surface area (Å²) in [6.07, 6.45) is 3.84. The highest BCUT2D eigenvalue weighted by Crippen LogP contribution is 2.36. The first-order chi connectivity index (χ1) is 20.1. The lowest BCUT2D eigenvalue weighted by Gasteiger charge is -2.25. The molecule has 0 radical (unpaired) electrons. The van der Waals surface area contributed by atoms with Gasteiger partial charge in [-0.15, -0.1) is 0 Å². The van der Waals surface area contributed by atoms with Crippen LogP contribution in [-0.2, 0) is 14.3 Å². The lowest BCUT2D eigenvalue weighted by atomic mass is 9.95. The molecule has 3 aromatic rings. The summed E-state index contributed by atoms with van der Waals surface area (Å²) in [7, 11) is 1.45. The van der Waals surface area contributed by atoms with Crippen LogP contribution in [0.2, 0.25) is 0 Å². The second kappa shape index (κ2) is 13.7. The molecule has 0 fully saturated rings. The first kappa shape index (κ1) is 30.8. The Bertz CT molecular complexity index is 1670. The molecule has 9 nitrogen and oxygen atoms in total. The molecule has 10 heteroatoms. The quantitative estimate of drug-likeness (QED) is 0.183. The number of benzene rings is 2. The maximum atomic E-state index is 13.9. The third-order valence-electron chi connectivity index (χ3n) is 6.49. The fraction of sp³-hybridized carbons (Fsp3) is 0.375. The van der Waals surface area contributed by atoms with E-state index in [1.807, 2.05) is 38.1 Å². The van der Waals surface area contributed by atoms with Crippen LogP contribution in [0, 0.1) is 5.92 Å². The summed E-state index contributed by atoms with van der Waals surface area (Å²) in [6.45, 7) is 9.92. The minimum Gasteiger partial charge on any atom is -0.494 e. The Hall–Kier alpha value is -4.18. The van der Waals surface area contributed by atoms with Gasteiger partial charge in [0.25, 0.3) is 5.56 Å². The topological polar surface area (TPSA) is 105 Å². The van der Waals surface area contributed by atoms with Gasteiger partial charge in [-0.2, -0.15) is 0 Å². The number of fused-ring (bicyclic) bond motifs is 1. The zero-order valence-electron chi connectivity index (χ0n) is 24.8.